The third kappa shape index (κ3) is 2.81. The van der Waals surface area contributed by atoms with Gasteiger partial charge in [0.15, 0.2) is 5.11 Å². The number of hydrogen-bond acceptors (Lipinski definition) is 3. The first-order valence-corrected chi connectivity index (χ1v) is 6.54. The van der Waals surface area contributed by atoms with Crippen LogP contribution in [0.4, 0.5) is 0 Å². The molecule has 0 amide bonds. The Morgan fingerprint density at radius 3 is 3.11 bits per heavy atom. The van der Waals surface area contributed by atoms with Crippen LogP contribution in [0.25, 0.3) is 0 Å². The van der Waals surface area contributed by atoms with E-state index in [1.165, 1.54) is 4.92 Å². The molecule has 1 aromatic carbocycles. The summed E-state index contributed by atoms with van der Waals surface area (Å²) in [6, 6.07) is 5.31. The van der Waals surface area contributed by atoms with E-state index in [2.05, 4.69) is 17.0 Å². The number of rotatable bonds is 2. The van der Waals surface area contributed by atoms with E-state index in [0.29, 0.717) is 16.7 Å². The number of thiocarbonyl (C=S) groups is 1. The van der Waals surface area contributed by atoms with Crippen LogP contribution >= 0.6 is 23.8 Å². The van der Waals surface area contributed by atoms with Gasteiger partial charge in [-0.15, -0.1) is 6.58 Å². The van der Waals surface area contributed by atoms with Crippen LogP contribution in [-0.2, 0) is 0 Å². The standard InChI is InChI=1S/C12H13BClN3OS/c1-3-6-15-12(19)17-13(18)11-5-4-9(14)7-10(11)8(2)16-17/h3-5,7,18H,1,6H2,2H3,(H,15,19). The highest BCUT2D eigenvalue weighted by Crippen LogP contribution is 2.15. The lowest BCUT2D eigenvalue weighted by molar-refractivity contribution is 0.488. The zero-order chi connectivity index (χ0) is 14.0. The van der Waals surface area contributed by atoms with Crippen LogP contribution in [0.3, 0.4) is 0 Å². The molecule has 0 aromatic heterocycles. The molecule has 98 valence electrons. The van der Waals surface area contributed by atoms with Crippen molar-refractivity contribution in [3.05, 3.63) is 41.4 Å². The largest absolute Gasteiger partial charge is 0.473 e. The summed E-state index contributed by atoms with van der Waals surface area (Å²) in [5.74, 6) is 0. The maximum atomic E-state index is 10.3. The van der Waals surface area contributed by atoms with E-state index in [0.717, 1.165) is 16.7 Å². The van der Waals surface area contributed by atoms with Gasteiger partial charge in [0.1, 0.15) is 0 Å². The average Bonchev–Trinajstić information content (AvgIpc) is 2.40. The Labute approximate surface area is 122 Å². The van der Waals surface area contributed by atoms with Gasteiger partial charge in [-0.2, -0.15) is 5.10 Å². The monoisotopic (exact) mass is 293 g/mol. The average molecular weight is 294 g/mol. The van der Waals surface area contributed by atoms with Crippen LogP contribution in [0, 0.1) is 0 Å². The van der Waals surface area contributed by atoms with Gasteiger partial charge in [-0.05, 0) is 42.3 Å². The van der Waals surface area contributed by atoms with Gasteiger partial charge >= 0.3 is 7.05 Å². The number of benzene rings is 1. The van der Waals surface area contributed by atoms with Crippen LogP contribution in [0.2, 0.25) is 5.02 Å². The summed E-state index contributed by atoms with van der Waals surface area (Å²) in [6.07, 6.45) is 1.69. The van der Waals surface area contributed by atoms with E-state index in [4.69, 9.17) is 23.8 Å². The highest BCUT2D eigenvalue weighted by atomic mass is 35.5. The van der Waals surface area contributed by atoms with Crippen molar-refractivity contribution in [3.8, 4) is 0 Å². The molecule has 0 fully saturated rings. The number of nitrogens with zero attached hydrogens (tertiary/aromatic N) is 2. The summed E-state index contributed by atoms with van der Waals surface area (Å²) < 4.78 is 0. The predicted octanol–water partition coefficient (Wildman–Crippen LogP) is 1.13. The molecule has 1 aliphatic heterocycles. The zero-order valence-corrected chi connectivity index (χ0v) is 12.0. The van der Waals surface area contributed by atoms with Crippen molar-refractivity contribution in [2.75, 3.05) is 6.54 Å². The number of nitrogens with one attached hydrogen (secondary N) is 1. The van der Waals surface area contributed by atoms with Crippen molar-refractivity contribution in [1.82, 2.24) is 10.2 Å². The van der Waals surface area contributed by atoms with Crippen molar-refractivity contribution < 1.29 is 5.02 Å². The van der Waals surface area contributed by atoms with Crippen molar-refractivity contribution in [2.24, 2.45) is 5.10 Å². The Bertz CT molecular complexity index is 564. The van der Waals surface area contributed by atoms with E-state index >= 15 is 0 Å². The molecule has 1 aromatic rings. The molecule has 19 heavy (non-hydrogen) atoms. The lowest BCUT2D eigenvalue weighted by Gasteiger charge is -2.29. The van der Waals surface area contributed by atoms with Gasteiger partial charge in [-0.3, -0.25) is 4.92 Å². The molecule has 0 bridgehead atoms. The van der Waals surface area contributed by atoms with Gasteiger partial charge in [-0.25, -0.2) is 0 Å². The van der Waals surface area contributed by atoms with E-state index in [9.17, 15) is 5.02 Å². The van der Waals surface area contributed by atoms with Crippen molar-refractivity contribution >= 4 is 47.2 Å². The molecular weight excluding hydrogens is 280 g/mol. The number of hydrazone groups is 1. The van der Waals surface area contributed by atoms with Crippen LogP contribution in [0.1, 0.15) is 12.5 Å². The van der Waals surface area contributed by atoms with Crippen molar-refractivity contribution in [2.45, 2.75) is 6.92 Å². The second kappa shape index (κ2) is 5.73. The maximum absolute atomic E-state index is 10.3. The van der Waals surface area contributed by atoms with Crippen molar-refractivity contribution in [3.63, 3.8) is 0 Å². The summed E-state index contributed by atoms with van der Waals surface area (Å²) in [5.41, 5.74) is 2.33. The Morgan fingerprint density at radius 2 is 2.42 bits per heavy atom. The minimum atomic E-state index is -0.916. The van der Waals surface area contributed by atoms with E-state index in [1.54, 1.807) is 24.3 Å². The first-order chi connectivity index (χ1) is 9.04. The maximum Gasteiger partial charge on any atom is 0.473 e. The molecule has 0 unspecified atom stereocenters. The van der Waals surface area contributed by atoms with E-state index in [-0.39, 0.29) is 0 Å². The zero-order valence-electron chi connectivity index (χ0n) is 10.4. The third-order valence-corrected chi connectivity index (χ3v) is 3.34. The number of fused-ring (bicyclic) bond motifs is 1. The van der Waals surface area contributed by atoms with Crippen LogP contribution < -0.4 is 10.8 Å². The highest BCUT2D eigenvalue weighted by molar-refractivity contribution is 7.80. The molecule has 0 saturated carbocycles. The van der Waals surface area contributed by atoms with Gasteiger partial charge < -0.3 is 10.3 Å². The molecule has 0 saturated heterocycles. The first-order valence-electron chi connectivity index (χ1n) is 5.75. The number of halogens is 1. The van der Waals surface area contributed by atoms with E-state index < -0.39 is 7.05 Å². The summed E-state index contributed by atoms with van der Waals surface area (Å²) in [5, 5.41) is 18.5. The second-order valence-corrected chi connectivity index (χ2v) is 4.93. The molecule has 1 heterocycles. The summed E-state index contributed by atoms with van der Waals surface area (Å²) in [6.45, 7) is 5.97. The Hall–Kier alpha value is -1.37. The van der Waals surface area contributed by atoms with Gasteiger partial charge in [-0.1, -0.05) is 23.7 Å². The lowest BCUT2D eigenvalue weighted by Crippen LogP contribution is -2.56. The smallest absolute Gasteiger partial charge is 0.427 e. The Balaban J connectivity index is 2.33. The lowest BCUT2D eigenvalue weighted by atomic mass is 9.69. The molecule has 4 nitrogen and oxygen atoms in total. The predicted molar refractivity (Wildman–Crippen MR) is 83.9 cm³/mol. The van der Waals surface area contributed by atoms with Crippen LogP contribution in [-0.4, -0.2) is 34.4 Å². The molecule has 0 atom stereocenters. The highest BCUT2D eigenvalue weighted by Gasteiger charge is 2.33. The third-order valence-electron chi connectivity index (χ3n) is 2.78. The quantitative estimate of drug-likeness (QED) is 0.487. The molecule has 7 heteroatoms. The van der Waals surface area contributed by atoms with Crippen LogP contribution in [0.15, 0.2) is 36.0 Å². The first kappa shape index (κ1) is 14.1. The Morgan fingerprint density at radius 1 is 1.68 bits per heavy atom. The minimum Gasteiger partial charge on any atom is -0.427 e. The number of hydrogen-bond donors (Lipinski definition) is 2. The topological polar surface area (TPSA) is 47.9 Å². The molecule has 0 aliphatic carbocycles. The van der Waals surface area contributed by atoms with Gasteiger partial charge in [0.05, 0.1) is 5.71 Å². The fourth-order valence-electron chi connectivity index (χ4n) is 1.87. The second-order valence-electron chi connectivity index (χ2n) is 4.11. The molecule has 0 spiro atoms. The fraction of sp³-hybridized carbons (Fsp3) is 0.167. The van der Waals surface area contributed by atoms with E-state index in [1.807, 2.05) is 6.92 Å². The van der Waals surface area contributed by atoms with Crippen molar-refractivity contribution in [1.29, 1.82) is 0 Å². The molecular formula is C12H13BClN3OS. The molecule has 1 aliphatic rings. The SMILES string of the molecule is C=CCNC(=S)N1N=C(C)c2cc(Cl)ccc2B1O. The molecule has 2 rings (SSSR count). The minimum absolute atomic E-state index is 0.354. The summed E-state index contributed by atoms with van der Waals surface area (Å²) in [4.78, 5) is 1.38. The summed E-state index contributed by atoms with van der Waals surface area (Å²) >= 11 is 11.2. The fourth-order valence-corrected chi connectivity index (χ4v) is 2.26. The summed E-state index contributed by atoms with van der Waals surface area (Å²) in [7, 11) is -0.916. The van der Waals surface area contributed by atoms with Gasteiger partial charge in [0.25, 0.3) is 0 Å². The Kier molecular flexibility index (Phi) is 4.24. The van der Waals surface area contributed by atoms with Crippen LogP contribution in [0.5, 0.6) is 0 Å². The normalized spacial score (nSPS) is 13.7. The molecule has 0 radical (unpaired) electrons. The van der Waals surface area contributed by atoms with Gasteiger partial charge in [0.2, 0.25) is 0 Å². The molecule has 2 N–H and O–H groups in total. The van der Waals surface area contributed by atoms with Gasteiger partial charge in [0, 0.05) is 11.6 Å².